The van der Waals surface area contributed by atoms with Crippen molar-refractivity contribution in [1.29, 1.82) is 0 Å². The maximum atomic E-state index is 12.4. The number of benzene rings is 1. The van der Waals surface area contributed by atoms with Gasteiger partial charge in [0.1, 0.15) is 0 Å². The number of esters is 1. The molecule has 0 aliphatic carbocycles. The zero-order chi connectivity index (χ0) is 17.2. The average Bonchev–Trinajstić information content (AvgIpc) is 2.58. The van der Waals surface area contributed by atoms with E-state index in [1.54, 1.807) is 37.3 Å². The minimum absolute atomic E-state index is 0.147. The third-order valence-corrected chi connectivity index (χ3v) is 3.17. The minimum atomic E-state index is -0.513. The fourth-order valence-corrected chi connectivity index (χ4v) is 1.89. The molecule has 0 fully saturated rings. The Labute approximate surface area is 136 Å². The van der Waals surface area contributed by atoms with E-state index in [0.29, 0.717) is 30.2 Å². The summed E-state index contributed by atoms with van der Waals surface area (Å²) in [5.74, 6) is 0.0914. The second-order valence-corrected chi connectivity index (χ2v) is 4.80. The molecule has 0 bridgehead atoms. The van der Waals surface area contributed by atoms with Crippen LogP contribution in [0.1, 0.15) is 16.8 Å². The Morgan fingerprint density at radius 3 is 2.48 bits per heavy atom. The van der Waals surface area contributed by atoms with Gasteiger partial charge in [0.15, 0.2) is 18.1 Å². The van der Waals surface area contributed by atoms with Crippen LogP contribution < -0.4 is 9.47 Å². The molecule has 1 amide bonds. The number of rotatable bonds is 9. The highest BCUT2D eigenvalue weighted by Crippen LogP contribution is 2.28. The van der Waals surface area contributed by atoms with Gasteiger partial charge >= 0.3 is 5.97 Å². The summed E-state index contributed by atoms with van der Waals surface area (Å²) in [6.07, 6.45) is 0.751. The van der Waals surface area contributed by atoms with Crippen LogP contribution >= 0.6 is 0 Å². The Bertz CT molecular complexity index is 531. The highest BCUT2D eigenvalue weighted by atomic mass is 16.6. The number of carbonyl (C=O) groups excluding carboxylic acids is 2. The molecule has 1 aromatic rings. The van der Waals surface area contributed by atoms with E-state index >= 15 is 0 Å². The van der Waals surface area contributed by atoms with Gasteiger partial charge < -0.3 is 23.8 Å². The van der Waals surface area contributed by atoms with Gasteiger partial charge in [-0.3, -0.25) is 4.79 Å². The molecule has 23 heavy (non-hydrogen) atoms. The number of hydrogen-bond acceptors (Lipinski definition) is 6. The van der Waals surface area contributed by atoms with Gasteiger partial charge in [-0.15, -0.1) is 0 Å². The molecule has 0 unspecified atom stereocenters. The first kappa shape index (κ1) is 18.8. The van der Waals surface area contributed by atoms with Gasteiger partial charge in [-0.1, -0.05) is 0 Å². The van der Waals surface area contributed by atoms with Crippen LogP contribution in [-0.4, -0.2) is 64.9 Å². The predicted octanol–water partition coefficient (Wildman–Crippen LogP) is 1.36. The monoisotopic (exact) mass is 325 g/mol. The van der Waals surface area contributed by atoms with Crippen molar-refractivity contribution in [2.45, 2.75) is 6.42 Å². The molecule has 0 aromatic heterocycles. The second kappa shape index (κ2) is 9.68. The van der Waals surface area contributed by atoms with Crippen LogP contribution in [0.5, 0.6) is 11.5 Å². The van der Waals surface area contributed by atoms with Gasteiger partial charge in [-0.2, -0.15) is 0 Å². The van der Waals surface area contributed by atoms with Gasteiger partial charge in [-0.05, 0) is 24.6 Å². The normalized spacial score (nSPS) is 10.1. The molecule has 0 saturated heterocycles. The van der Waals surface area contributed by atoms with E-state index in [-0.39, 0.29) is 12.5 Å². The third-order valence-electron chi connectivity index (χ3n) is 3.17. The zero-order valence-corrected chi connectivity index (χ0v) is 14.0. The van der Waals surface area contributed by atoms with Crippen LogP contribution in [0.4, 0.5) is 0 Å². The molecule has 1 aromatic carbocycles. The first-order chi connectivity index (χ1) is 11.0. The van der Waals surface area contributed by atoms with Crippen LogP contribution in [-0.2, 0) is 14.3 Å². The van der Waals surface area contributed by atoms with Crippen molar-refractivity contribution in [1.82, 2.24) is 4.90 Å². The SMILES string of the molecule is COCCCN(C)C(=O)c1ccc(OC)c(OCC(=O)OC)c1. The second-order valence-electron chi connectivity index (χ2n) is 4.80. The molecule has 0 spiro atoms. The van der Waals surface area contributed by atoms with Crippen molar-refractivity contribution < 1.29 is 28.5 Å². The van der Waals surface area contributed by atoms with E-state index in [4.69, 9.17) is 14.2 Å². The lowest BCUT2D eigenvalue weighted by Gasteiger charge is -2.18. The van der Waals surface area contributed by atoms with Crippen molar-refractivity contribution in [2.24, 2.45) is 0 Å². The zero-order valence-electron chi connectivity index (χ0n) is 14.0. The molecule has 1 rings (SSSR count). The number of amides is 1. The van der Waals surface area contributed by atoms with E-state index in [1.165, 1.54) is 14.2 Å². The number of ether oxygens (including phenoxy) is 4. The van der Waals surface area contributed by atoms with Crippen molar-refractivity contribution in [3.8, 4) is 11.5 Å². The summed E-state index contributed by atoms with van der Waals surface area (Å²) >= 11 is 0. The van der Waals surface area contributed by atoms with Crippen molar-refractivity contribution in [2.75, 3.05) is 48.1 Å². The van der Waals surface area contributed by atoms with Gasteiger partial charge in [-0.25, -0.2) is 4.79 Å². The molecular formula is C16H23NO6. The summed E-state index contributed by atoms with van der Waals surface area (Å²) in [7, 11) is 6.10. The van der Waals surface area contributed by atoms with Crippen molar-refractivity contribution in [3.05, 3.63) is 23.8 Å². The number of nitrogens with zero attached hydrogens (tertiary/aromatic N) is 1. The summed E-state index contributed by atoms with van der Waals surface area (Å²) < 4.78 is 20.0. The lowest BCUT2D eigenvalue weighted by Crippen LogP contribution is -2.28. The molecule has 0 saturated carbocycles. The van der Waals surface area contributed by atoms with Gasteiger partial charge in [0.2, 0.25) is 0 Å². The predicted molar refractivity (Wildman–Crippen MR) is 84.0 cm³/mol. The topological polar surface area (TPSA) is 74.3 Å². The average molecular weight is 325 g/mol. The fraction of sp³-hybridized carbons (Fsp3) is 0.500. The summed E-state index contributed by atoms with van der Waals surface area (Å²) in [6, 6.07) is 4.83. The van der Waals surface area contributed by atoms with Crippen LogP contribution in [0.25, 0.3) is 0 Å². The highest BCUT2D eigenvalue weighted by Gasteiger charge is 2.15. The molecule has 128 valence electrons. The molecular weight excluding hydrogens is 302 g/mol. The molecule has 7 heteroatoms. The van der Waals surface area contributed by atoms with Crippen LogP contribution in [0.2, 0.25) is 0 Å². The smallest absolute Gasteiger partial charge is 0.343 e. The van der Waals surface area contributed by atoms with Gasteiger partial charge in [0, 0.05) is 32.9 Å². The van der Waals surface area contributed by atoms with E-state index in [0.717, 1.165) is 6.42 Å². The molecule has 0 aliphatic rings. The Morgan fingerprint density at radius 2 is 1.87 bits per heavy atom. The lowest BCUT2D eigenvalue weighted by atomic mass is 10.1. The molecule has 0 heterocycles. The maximum Gasteiger partial charge on any atom is 0.343 e. The van der Waals surface area contributed by atoms with Gasteiger partial charge in [0.05, 0.1) is 14.2 Å². The van der Waals surface area contributed by atoms with Crippen LogP contribution in [0.3, 0.4) is 0 Å². The quantitative estimate of drug-likeness (QED) is 0.504. The molecule has 0 atom stereocenters. The standard InChI is InChI=1S/C16H23NO6/c1-17(8-5-9-20-2)16(19)12-6-7-13(21-3)14(10-12)23-11-15(18)22-4/h6-7,10H,5,8-9,11H2,1-4H3. The van der Waals surface area contributed by atoms with E-state index in [1.807, 2.05) is 0 Å². The van der Waals surface area contributed by atoms with E-state index in [2.05, 4.69) is 4.74 Å². The fourth-order valence-electron chi connectivity index (χ4n) is 1.89. The number of methoxy groups -OCH3 is 3. The molecule has 0 aliphatic heterocycles. The Balaban J connectivity index is 2.82. The summed E-state index contributed by atoms with van der Waals surface area (Å²) in [5.41, 5.74) is 0.450. The highest BCUT2D eigenvalue weighted by molar-refractivity contribution is 5.94. The first-order valence-electron chi connectivity index (χ1n) is 7.15. The minimum Gasteiger partial charge on any atom is -0.493 e. The van der Waals surface area contributed by atoms with Crippen LogP contribution in [0.15, 0.2) is 18.2 Å². The summed E-state index contributed by atoms with van der Waals surface area (Å²) in [6.45, 7) is 0.916. The van der Waals surface area contributed by atoms with E-state index < -0.39 is 5.97 Å². The van der Waals surface area contributed by atoms with Gasteiger partial charge in [0.25, 0.3) is 5.91 Å². The third kappa shape index (κ3) is 5.78. The molecule has 7 nitrogen and oxygen atoms in total. The summed E-state index contributed by atoms with van der Waals surface area (Å²) in [4.78, 5) is 25.2. The van der Waals surface area contributed by atoms with Crippen LogP contribution in [0, 0.1) is 0 Å². The van der Waals surface area contributed by atoms with Crippen molar-refractivity contribution >= 4 is 11.9 Å². The van der Waals surface area contributed by atoms with E-state index in [9.17, 15) is 9.59 Å². The maximum absolute atomic E-state index is 12.4. The summed E-state index contributed by atoms with van der Waals surface area (Å²) in [5, 5.41) is 0. The molecule has 0 radical (unpaired) electrons. The lowest BCUT2D eigenvalue weighted by molar-refractivity contribution is -0.142. The Hall–Kier alpha value is -2.28. The Morgan fingerprint density at radius 1 is 1.13 bits per heavy atom. The largest absolute Gasteiger partial charge is 0.493 e. The first-order valence-corrected chi connectivity index (χ1v) is 7.15. The number of hydrogen-bond donors (Lipinski definition) is 0. The van der Waals surface area contributed by atoms with Crippen molar-refractivity contribution in [3.63, 3.8) is 0 Å². The Kier molecular flexibility index (Phi) is 7.90. The molecule has 0 N–H and O–H groups in total. The number of carbonyl (C=O) groups is 2.